The minimum atomic E-state index is -1.44. The maximum atomic E-state index is 13.2. The molecular formula is C21H17N3O4. The zero-order chi connectivity index (χ0) is 19.8. The first-order valence-electron chi connectivity index (χ1n) is 9.03. The zero-order valence-corrected chi connectivity index (χ0v) is 15.2. The highest BCUT2D eigenvalue weighted by Crippen LogP contribution is 2.22. The molecule has 1 aliphatic carbocycles. The molecule has 7 heteroatoms. The SMILES string of the molecule is Cc1cccc(-n2c(=O)c(C(=O)C3C(=O)CCCC3=O)nc3ccccc32)n1. The lowest BCUT2D eigenvalue weighted by molar-refractivity contribution is -0.133. The average molecular weight is 375 g/mol. The molecule has 4 rings (SSSR count). The Morgan fingerprint density at radius 1 is 0.964 bits per heavy atom. The number of fused-ring (bicyclic) bond motifs is 1. The fourth-order valence-electron chi connectivity index (χ4n) is 3.51. The molecule has 0 unspecified atom stereocenters. The van der Waals surface area contributed by atoms with Gasteiger partial charge < -0.3 is 0 Å². The highest BCUT2D eigenvalue weighted by molar-refractivity contribution is 6.24. The summed E-state index contributed by atoms with van der Waals surface area (Å²) in [4.78, 5) is 59.2. The first-order chi connectivity index (χ1) is 13.5. The molecule has 0 atom stereocenters. The van der Waals surface area contributed by atoms with E-state index in [4.69, 9.17) is 0 Å². The Kier molecular flexibility index (Phi) is 4.43. The third kappa shape index (κ3) is 2.94. The van der Waals surface area contributed by atoms with Crippen molar-refractivity contribution < 1.29 is 14.4 Å². The van der Waals surface area contributed by atoms with Crippen molar-refractivity contribution >= 4 is 28.4 Å². The summed E-state index contributed by atoms with van der Waals surface area (Å²) in [5, 5.41) is 0. The normalized spacial score (nSPS) is 15.2. The Balaban J connectivity index is 1.97. The molecule has 0 saturated heterocycles. The van der Waals surface area contributed by atoms with Gasteiger partial charge in [-0.3, -0.25) is 23.7 Å². The molecule has 1 fully saturated rings. The number of nitrogens with zero attached hydrogens (tertiary/aromatic N) is 3. The van der Waals surface area contributed by atoms with E-state index < -0.39 is 34.5 Å². The van der Waals surface area contributed by atoms with Gasteiger partial charge in [-0.1, -0.05) is 18.2 Å². The number of hydrogen-bond donors (Lipinski definition) is 0. The number of aryl methyl sites for hydroxylation is 1. The van der Waals surface area contributed by atoms with E-state index in [-0.39, 0.29) is 12.8 Å². The van der Waals surface area contributed by atoms with Gasteiger partial charge in [0, 0.05) is 18.5 Å². The fraction of sp³-hybridized carbons (Fsp3) is 0.238. The highest BCUT2D eigenvalue weighted by Gasteiger charge is 2.38. The predicted molar refractivity (Wildman–Crippen MR) is 102 cm³/mol. The number of pyridine rings is 1. The molecule has 0 N–H and O–H groups in total. The largest absolute Gasteiger partial charge is 0.298 e. The number of Topliss-reactive ketones (excluding diaryl/α,β-unsaturated/α-hetero) is 3. The van der Waals surface area contributed by atoms with E-state index in [0.717, 1.165) is 0 Å². The minimum Gasteiger partial charge on any atom is -0.298 e. The summed E-state index contributed by atoms with van der Waals surface area (Å²) in [6, 6.07) is 12.1. The van der Waals surface area contributed by atoms with Gasteiger partial charge in [-0.2, -0.15) is 0 Å². The van der Waals surface area contributed by atoms with Gasteiger partial charge in [0.25, 0.3) is 5.56 Å². The monoisotopic (exact) mass is 375 g/mol. The molecule has 140 valence electrons. The van der Waals surface area contributed by atoms with Crippen molar-refractivity contribution in [1.29, 1.82) is 0 Å². The summed E-state index contributed by atoms with van der Waals surface area (Å²) in [6.45, 7) is 1.79. The Hall–Kier alpha value is -3.48. The van der Waals surface area contributed by atoms with Gasteiger partial charge >= 0.3 is 0 Å². The van der Waals surface area contributed by atoms with Crippen LogP contribution in [0, 0.1) is 12.8 Å². The van der Waals surface area contributed by atoms with Crippen molar-refractivity contribution in [1.82, 2.24) is 14.5 Å². The zero-order valence-electron chi connectivity index (χ0n) is 15.2. The van der Waals surface area contributed by atoms with Gasteiger partial charge in [-0.25, -0.2) is 9.97 Å². The van der Waals surface area contributed by atoms with E-state index in [0.29, 0.717) is 29.0 Å². The lowest BCUT2D eigenvalue weighted by Crippen LogP contribution is -2.39. The number of para-hydroxylation sites is 2. The van der Waals surface area contributed by atoms with Crippen molar-refractivity contribution in [2.24, 2.45) is 5.92 Å². The van der Waals surface area contributed by atoms with Crippen molar-refractivity contribution in [3.63, 3.8) is 0 Å². The van der Waals surface area contributed by atoms with Crippen LogP contribution in [-0.2, 0) is 9.59 Å². The van der Waals surface area contributed by atoms with Crippen LogP contribution in [0.1, 0.15) is 35.4 Å². The fourth-order valence-corrected chi connectivity index (χ4v) is 3.51. The maximum Gasteiger partial charge on any atom is 0.286 e. The quantitative estimate of drug-likeness (QED) is 0.514. The van der Waals surface area contributed by atoms with Gasteiger partial charge in [-0.15, -0.1) is 0 Å². The van der Waals surface area contributed by atoms with Crippen LogP contribution >= 0.6 is 0 Å². The maximum absolute atomic E-state index is 13.2. The van der Waals surface area contributed by atoms with Crippen molar-refractivity contribution in [2.45, 2.75) is 26.2 Å². The molecule has 0 radical (unpaired) electrons. The van der Waals surface area contributed by atoms with Crippen LogP contribution in [0.2, 0.25) is 0 Å². The summed E-state index contributed by atoms with van der Waals surface area (Å²) in [5.41, 5.74) is 0.507. The van der Waals surface area contributed by atoms with Crippen molar-refractivity contribution in [3.8, 4) is 5.82 Å². The highest BCUT2D eigenvalue weighted by atomic mass is 16.2. The number of hydrogen-bond acceptors (Lipinski definition) is 6. The van der Waals surface area contributed by atoms with Gasteiger partial charge in [-0.05, 0) is 37.6 Å². The Labute approximate surface area is 160 Å². The second kappa shape index (κ2) is 6.92. The molecule has 0 amide bonds. The Bertz CT molecular complexity index is 1180. The van der Waals surface area contributed by atoms with E-state index in [2.05, 4.69) is 9.97 Å². The molecular weight excluding hydrogens is 358 g/mol. The van der Waals surface area contributed by atoms with E-state index in [1.54, 1.807) is 49.4 Å². The number of benzene rings is 1. The second-order valence-corrected chi connectivity index (χ2v) is 6.81. The van der Waals surface area contributed by atoms with Crippen LogP contribution in [0.25, 0.3) is 16.9 Å². The lowest BCUT2D eigenvalue weighted by Gasteiger charge is -2.18. The van der Waals surface area contributed by atoms with E-state index >= 15 is 0 Å². The minimum absolute atomic E-state index is 0.156. The third-order valence-electron chi connectivity index (χ3n) is 4.85. The lowest BCUT2D eigenvalue weighted by atomic mass is 9.83. The second-order valence-electron chi connectivity index (χ2n) is 6.81. The van der Waals surface area contributed by atoms with Crippen LogP contribution in [-0.4, -0.2) is 31.9 Å². The first kappa shape index (κ1) is 17.9. The molecule has 0 aliphatic heterocycles. The molecule has 7 nitrogen and oxygen atoms in total. The molecule has 0 bridgehead atoms. The van der Waals surface area contributed by atoms with Crippen LogP contribution in [0.4, 0.5) is 0 Å². The number of ketones is 3. The van der Waals surface area contributed by atoms with Crippen LogP contribution < -0.4 is 5.56 Å². The van der Waals surface area contributed by atoms with Crippen LogP contribution in [0.3, 0.4) is 0 Å². The number of carbonyl (C=O) groups is 3. The van der Waals surface area contributed by atoms with Crippen molar-refractivity contribution in [2.75, 3.05) is 0 Å². The van der Waals surface area contributed by atoms with Crippen LogP contribution in [0.15, 0.2) is 47.3 Å². The molecule has 1 aliphatic rings. The standard InChI is InChI=1S/C21H17N3O4/c1-12-6-4-11-17(22-12)24-14-8-3-2-7-13(14)23-19(21(24)28)20(27)18-15(25)9-5-10-16(18)26/h2-4,6-8,11,18H,5,9-10H2,1H3. The summed E-state index contributed by atoms with van der Waals surface area (Å²) in [5.74, 6) is -2.81. The Morgan fingerprint density at radius 3 is 2.39 bits per heavy atom. The number of rotatable bonds is 3. The van der Waals surface area contributed by atoms with E-state index in [9.17, 15) is 19.2 Å². The van der Waals surface area contributed by atoms with Gasteiger partial charge in [0.2, 0.25) is 5.78 Å². The molecule has 2 aromatic heterocycles. The van der Waals surface area contributed by atoms with Crippen LogP contribution in [0.5, 0.6) is 0 Å². The molecule has 28 heavy (non-hydrogen) atoms. The summed E-state index contributed by atoms with van der Waals surface area (Å²) >= 11 is 0. The topological polar surface area (TPSA) is 99.0 Å². The van der Waals surface area contributed by atoms with Gasteiger partial charge in [0.05, 0.1) is 11.0 Å². The van der Waals surface area contributed by atoms with Crippen molar-refractivity contribution in [3.05, 3.63) is 64.2 Å². The summed E-state index contributed by atoms with van der Waals surface area (Å²) in [7, 11) is 0. The number of aromatic nitrogens is 3. The molecule has 2 heterocycles. The predicted octanol–water partition coefficient (Wildman–Crippen LogP) is 2.21. The van der Waals surface area contributed by atoms with E-state index in [1.807, 2.05) is 0 Å². The summed E-state index contributed by atoms with van der Waals surface area (Å²) in [6.07, 6.45) is 0.747. The average Bonchev–Trinajstić information content (AvgIpc) is 2.67. The Morgan fingerprint density at radius 2 is 1.68 bits per heavy atom. The molecule has 0 spiro atoms. The molecule has 1 saturated carbocycles. The summed E-state index contributed by atoms with van der Waals surface area (Å²) < 4.78 is 1.31. The first-order valence-corrected chi connectivity index (χ1v) is 9.03. The molecule has 3 aromatic rings. The molecule has 1 aromatic carbocycles. The van der Waals surface area contributed by atoms with Gasteiger partial charge in [0.15, 0.2) is 17.3 Å². The third-order valence-corrected chi connectivity index (χ3v) is 4.85. The van der Waals surface area contributed by atoms with Gasteiger partial charge in [0.1, 0.15) is 11.7 Å². The smallest absolute Gasteiger partial charge is 0.286 e. The number of carbonyl (C=O) groups excluding carboxylic acids is 3. The van der Waals surface area contributed by atoms with E-state index in [1.165, 1.54) is 4.57 Å².